The lowest BCUT2D eigenvalue weighted by molar-refractivity contribution is 0.0706. The lowest BCUT2D eigenvalue weighted by Crippen LogP contribution is -2.56. The molecular weight excluding hydrogens is 254 g/mol. The molecule has 1 heteroatoms. The van der Waals surface area contributed by atoms with Gasteiger partial charge in [0.1, 0.15) is 0 Å². The summed E-state index contributed by atoms with van der Waals surface area (Å²) in [5, 5.41) is 3.57. The Bertz CT molecular complexity index is 549. The first-order valence-electron chi connectivity index (χ1n) is 8.11. The zero-order valence-electron chi connectivity index (χ0n) is 13.0. The summed E-state index contributed by atoms with van der Waals surface area (Å²) < 4.78 is 0. The molecule has 3 rings (SSSR count). The van der Waals surface area contributed by atoms with E-state index in [2.05, 4.69) is 80.0 Å². The fourth-order valence-electron chi connectivity index (χ4n) is 4.18. The summed E-state index contributed by atoms with van der Waals surface area (Å²) in [7, 11) is 2.12. The van der Waals surface area contributed by atoms with Crippen molar-refractivity contribution in [3.05, 3.63) is 71.8 Å². The Balaban J connectivity index is 1.85. The third-order valence-corrected chi connectivity index (χ3v) is 5.15. The predicted molar refractivity (Wildman–Crippen MR) is 89.4 cm³/mol. The minimum absolute atomic E-state index is 0.639. The Hall–Kier alpha value is -1.60. The van der Waals surface area contributed by atoms with Crippen LogP contribution < -0.4 is 5.32 Å². The molecule has 1 saturated carbocycles. The van der Waals surface area contributed by atoms with Gasteiger partial charge >= 0.3 is 0 Å². The van der Waals surface area contributed by atoms with Crippen LogP contribution in [0.5, 0.6) is 0 Å². The van der Waals surface area contributed by atoms with E-state index >= 15 is 0 Å². The summed E-state index contributed by atoms with van der Waals surface area (Å²) >= 11 is 0. The molecule has 0 radical (unpaired) electrons. The quantitative estimate of drug-likeness (QED) is 0.862. The van der Waals surface area contributed by atoms with Gasteiger partial charge < -0.3 is 5.32 Å². The summed E-state index contributed by atoms with van der Waals surface area (Å²) in [6.45, 7) is 2.32. The fraction of sp³-hybridized carbons (Fsp3) is 0.400. The Labute approximate surface area is 128 Å². The van der Waals surface area contributed by atoms with Crippen LogP contribution in [0.4, 0.5) is 0 Å². The number of rotatable bonds is 5. The molecule has 1 N–H and O–H groups in total. The van der Waals surface area contributed by atoms with Crippen LogP contribution in [0.3, 0.4) is 0 Å². The third-order valence-electron chi connectivity index (χ3n) is 5.15. The molecule has 0 spiro atoms. The molecule has 4 atom stereocenters. The zero-order chi connectivity index (χ0) is 14.7. The molecule has 1 nitrogen and oxygen atoms in total. The molecule has 0 bridgehead atoms. The summed E-state index contributed by atoms with van der Waals surface area (Å²) in [6, 6.07) is 22.6. The second-order valence-electron chi connectivity index (χ2n) is 6.18. The van der Waals surface area contributed by atoms with Crippen molar-refractivity contribution in [1.82, 2.24) is 5.32 Å². The van der Waals surface area contributed by atoms with Crippen molar-refractivity contribution >= 4 is 0 Å². The summed E-state index contributed by atoms with van der Waals surface area (Å²) in [6.07, 6.45) is 2.42. The van der Waals surface area contributed by atoms with Gasteiger partial charge in [0.25, 0.3) is 0 Å². The molecule has 1 aliphatic carbocycles. The van der Waals surface area contributed by atoms with Gasteiger partial charge in [0.15, 0.2) is 0 Å². The van der Waals surface area contributed by atoms with E-state index in [0.717, 1.165) is 5.92 Å². The Morgan fingerprint density at radius 3 is 2.05 bits per heavy atom. The third kappa shape index (κ3) is 2.75. The Kier molecular flexibility index (Phi) is 4.40. The highest BCUT2D eigenvalue weighted by atomic mass is 14.9. The van der Waals surface area contributed by atoms with Crippen molar-refractivity contribution in [1.29, 1.82) is 0 Å². The summed E-state index contributed by atoms with van der Waals surface area (Å²) in [5.74, 6) is 2.14. The van der Waals surface area contributed by atoms with E-state index in [0.29, 0.717) is 17.9 Å². The van der Waals surface area contributed by atoms with Crippen molar-refractivity contribution < 1.29 is 0 Å². The number of hydrogen-bond donors (Lipinski definition) is 1. The van der Waals surface area contributed by atoms with Gasteiger partial charge in [-0.15, -0.1) is 0 Å². The minimum atomic E-state index is 0.639. The van der Waals surface area contributed by atoms with E-state index in [1.807, 2.05) is 0 Å². The highest BCUT2D eigenvalue weighted by Gasteiger charge is 2.48. The first-order valence-corrected chi connectivity index (χ1v) is 8.11. The Morgan fingerprint density at radius 2 is 1.48 bits per heavy atom. The molecule has 0 saturated heterocycles. The van der Waals surface area contributed by atoms with Crippen molar-refractivity contribution in [2.24, 2.45) is 11.8 Å². The molecule has 0 aromatic heterocycles. The first-order chi connectivity index (χ1) is 10.3. The molecule has 4 unspecified atom stereocenters. The molecule has 0 amide bonds. The van der Waals surface area contributed by atoms with Crippen LogP contribution in [0.2, 0.25) is 0 Å². The van der Waals surface area contributed by atoms with E-state index in [1.54, 1.807) is 0 Å². The van der Waals surface area contributed by atoms with Crippen LogP contribution >= 0.6 is 0 Å². The van der Waals surface area contributed by atoms with Gasteiger partial charge in [0.2, 0.25) is 0 Å². The van der Waals surface area contributed by atoms with E-state index in [-0.39, 0.29) is 0 Å². The maximum Gasteiger partial charge on any atom is 0.0136 e. The average Bonchev–Trinajstić information content (AvgIpc) is 2.53. The maximum atomic E-state index is 3.57. The fourth-order valence-corrected chi connectivity index (χ4v) is 4.18. The Morgan fingerprint density at radius 1 is 0.857 bits per heavy atom. The zero-order valence-corrected chi connectivity index (χ0v) is 13.0. The van der Waals surface area contributed by atoms with Gasteiger partial charge in [-0.2, -0.15) is 0 Å². The van der Waals surface area contributed by atoms with Crippen molar-refractivity contribution in [3.8, 4) is 0 Å². The molecule has 21 heavy (non-hydrogen) atoms. The average molecular weight is 279 g/mol. The molecular formula is C20H25N. The topological polar surface area (TPSA) is 12.0 Å². The monoisotopic (exact) mass is 279 g/mol. The van der Waals surface area contributed by atoms with Crippen LogP contribution in [0.15, 0.2) is 60.7 Å². The van der Waals surface area contributed by atoms with E-state index < -0.39 is 0 Å². The molecule has 0 heterocycles. The lowest BCUT2D eigenvalue weighted by atomic mass is 9.55. The molecule has 0 aliphatic heterocycles. The first kappa shape index (κ1) is 14.3. The molecule has 2 aromatic carbocycles. The van der Waals surface area contributed by atoms with Gasteiger partial charge in [0.05, 0.1) is 0 Å². The van der Waals surface area contributed by atoms with Gasteiger partial charge in [0, 0.05) is 6.04 Å². The second kappa shape index (κ2) is 6.44. The van der Waals surface area contributed by atoms with Crippen LogP contribution in [0.1, 0.15) is 30.4 Å². The summed E-state index contributed by atoms with van der Waals surface area (Å²) in [5.41, 5.74) is 2.97. The minimum Gasteiger partial charge on any atom is -0.316 e. The van der Waals surface area contributed by atoms with E-state index in [4.69, 9.17) is 0 Å². The highest BCUT2D eigenvalue weighted by molar-refractivity contribution is 5.29. The SMILES string of the molecule is CCC1C(NC)C(Cc2ccccc2)C1c1ccccc1. The number of hydrogen-bond acceptors (Lipinski definition) is 1. The van der Waals surface area contributed by atoms with Crippen LogP contribution in [-0.4, -0.2) is 13.1 Å². The number of benzene rings is 2. The van der Waals surface area contributed by atoms with E-state index in [9.17, 15) is 0 Å². The molecule has 110 valence electrons. The van der Waals surface area contributed by atoms with Gasteiger partial charge in [-0.25, -0.2) is 0 Å². The van der Waals surface area contributed by atoms with Gasteiger partial charge in [-0.05, 0) is 42.3 Å². The largest absolute Gasteiger partial charge is 0.316 e. The van der Waals surface area contributed by atoms with Crippen LogP contribution in [0.25, 0.3) is 0 Å². The smallest absolute Gasteiger partial charge is 0.0136 e. The van der Waals surface area contributed by atoms with Crippen molar-refractivity contribution in [2.45, 2.75) is 31.7 Å². The molecule has 1 fully saturated rings. The second-order valence-corrected chi connectivity index (χ2v) is 6.18. The summed E-state index contributed by atoms with van der Waals surface area (Å²) in [4.78, 5) is 0. The van der Waals surface area contributed by atoms with Crippen molar-refractivity contribution in [3.63, 3.8) is 0 Å². The normalized spacial score (nSPS) is 28.1. The van der Waals surface area contributed by atoms with Crippen LogP contribution in [-0.2, 0) is 6.42 Å². The van der Waals surface area contributed by atoms with Crippen LogP contribution in [0, 0.1) is 11.8 Å². The van der Waals surface area contributed by atoms with Gasteiger partial charge in [-0.3, -0.25) is 0 Å². The highest BCUT2D eigenvalue weighted by Crippen LogP contribution is 2.50. The lowest BCUT2D eigenvalue weighted by Gasteiger charge is -2.53. The molecule has 1 aliphatic rings. The van der Waals surface area contributed by atoms with Crippen molar-refractivity contribution in [2.75, 3.05) is 7.05 Å². The number of nitrogens with one attached hydrogen (secondary N) is 1. The van der Waals surface area contributed by atoms with Gasteiger partial charge in [-0.1, -0.05) is 74.0 Å². The molecule has 2 aromatic rings. The predicted octanol–water partition coefficient (Wildman–Crippen LogP) is 4.26. The van der Waals surface area contributed by atoms with E-state index in [1.165, 1.54) is 24.0 Å². The maximum absolute atomic E-state index is 3.57. The standard InChI is InChI=1S/C20H25N/c1-3-17-19(16-12-8-5-9-13-16)18(20(17)21-2)14-15-10-6-4-7-11-15/h4-13,17-21H,3,14H2,1-2H3.